The Bertz CT molecular complexity index is 52.4. The van der Waals surface area contributed by atoms with E-state index >= 15 is 0 Å². The van der Waals surface area contributed by atoms with Gasteiger partial charge in [-0.25, -0.2) is 0 Å². The van der Waals surface area contributed by atoms with E-state index in [1.54, 1.807) is 0 Å². The second kappa shape index (κ2) is 4.86. The zero-order chi connectivity index (χ0) is 5.11. The molecule has 1 aliphatic heterocycles. The summed E-state index contributed by atoms with van der Waals surface area (Å²) >= 11 is 0. The Hall–Kier alpha value is 1.02. The Morgan fingerprint density at radius 2 is 1.75 bits per heavy atom. The van der Waals surface area contributed by atoms with E-state index in [0.29, 0.717) is 6.04 Å². The average molecular weight is 188 g/mol. The van der Waals surface area contributed by atoms with Crippen LogP contribution in [0.1, 0.15) is 12.8 Å². The van der Waals surface area contributed by atoms with E-state index in [1.165, 1.54) is 0 Å². The van der Waals surface area contributed by atoms with Gasteiger partial charge in [-0.2, -0.15) is 0 Å². The Labute approximate surface area is 75.5 Å². The van der Waals surface area contributed by atoms with Gasteiger partial charge in [0.15, 0.2) is 0 Å². The topological polar surface area (TPSA) is 40.1 Å². The molecule has 1 fully saturated rings. The molecule has 0 bridgehead atoms. The van der Waals surface area contributed by atoms with Crippen LogP contribution in [0.2, 0.25) is 0 Å². The molecule has 8 heavy (non-hydrogen) atoms. The predicted molar refractivity (Wildman–Crippen MR) is 30.3 cm³/mol. The van der Waals surface area contributed by atoms with Gasteiger partial charge in [0.1, 0.15) is 0 Å². The molecular formula is C5H11N2Y-. The van der Waals surface area contributed by atoms with Gasteiger partial charge in [-0.15, -0.1) is 13.1 Å². The van der Waals surface area contributed by atoms with Crippen LogP contribution >= 0.6 is 0 Å². The molecular weight excluding hydrogens is 177 g/mol. The van der Waals surface area contributed by atoms with E-state index in [0.717, 1.165) is 25.9 Å². The Kier molecular flexibility index (Phi) is 5.48. The molecule has 0 aliphatic carbocycles. The van der Waals surface area contributed by atoms with Crippen molar-refractivity contribution in [3.8, 4) is 0 Å². The summed E-state index contributed by atoms with van der Waals surface area (Å²) in [6.45, 7) is 1.97. The van der Waals surface area contributed by atoms with Gasteiger partial charge in [0, 0.05) is 38.8 Å². The molecule has 0 aromatic heterocycles. The molecule has 3 heteroatoms. The number of nitrogens with zero attached hydrogens (tertiary/aromatic N) is 1. The summed E-state index contributed by atoms with van der Waals surface area (Å²) in [6.07, 6.45) is 2.19. The van der Waals surface area contributed by atoms with E-state index in [9.17, 15) is 0 Å². The maximum Gasteiger partial charge on any atom is 0.000601 e. The van der Waals surface area contributed by atoms with E-state index in [2.05, 4.69) is 5.32 Å². The summed E-state index contributed by atoms with van der Waals surface area (Å²) < 4.78 is 0. The summed E-state index contributed by atoms with van der Waals surface area (Å²) in [4.78, 5) is 0. The first-order valence-electron chi connectivity index (χ1n) is 2.78. The normalized spacial score (nSPS) is 22.1. The second-order valence-corrected chi connectivity index (χ2v) is 2.01. The van der Waals surface area contributed by atoms with Crippen LogP contribution < -0.4 is 5.73 Å². The van der Waals surface area contributed by atoms with E-state index in [-0.39, 0.29) is 32.7 Å². The fourth-order valence-electron chi connectivity index (χ4n) is 0.770. The van der Waals surface area contributed by atoms with Gasteiger partial charge in [-0.05, 0) is 0 Å². The number of hydrogen-bond donors (Lipinski definition) is 1. The fourth-order valence-corrected chi connectivity index (χ4v) is 0.770. The molecule has 0 saturated carbocycles. The number of rotatable bonds is 0. The van der Waals surface area contributed by atoms with Gasteiger partial charge in [-0.3, -0.25) is 0 Å². The summed E-state index contributed by atoms with van der Waals surface area (Å²) in [5.74, 6) is 0. The van der Waals surface area contributed by atoms with E-state index < -0.39 is 0 Å². The van der Waals surface area contributed by atoms with Crippen molar-refractivity contribution in [1.82, 2.24) is 0 Å². The van der Waals surface area contributed by atoms with Crippen LogP contribution in [0.15, 0.2) is 0 Å². The number of piperidine rings is 1. The molecule has 0 unspecified atom stereocenters. The van der Waals surface area contributed by atoms with Crippen LogP contribution in [0, 0.1) is 0 Å². The van der Waals surface area contributed by atoms with Gasteiger partial charge in [-0.1, -0.05) is 12.8 Å². The largest absolute Gasteiger partial charge is 0.662 e. The van der Waals surface area contributed by atoms with Gasteiger partial charge in [0.2, 0.25) is 0 Å². The second-order valence-electron chi connectivity index (χ2n) is 2.01. The van der Waals surface area contributed by atoms with Gasteiger partial charge >= 0.3 is 0 Å². The van der Waals surface area contributed by atoms with E-state index in [4.69, 9.17) is 5.73 Å². The van der Waals surface area contributed by atoms with Crippen molar-refractivity contribution in [2.75, 3.05) is 13.1 Å². The zero-order valence-electron chi connectivity index (χ0n) is 5.01. The smallest absolute Gasteiger partial charge is 0.000601 e. The van der Waals surface area contributed by atoms with Crippen molar-refractivity contribution in [1.29, 1.82) is 0 Å². The maximum atomic E-state index is 5.57. The first kappa shape index (κ1) is 9.02. The molecule has 2 N–H and O–H groups in total. The van der Waals surface area contributed by atoms with Crippen LogP contribution in [0.25, 0.3) is 5.32 Å². The monoisotopic (exact) mass is 188 g/mol. The van der Waals surface area contributed by atoms with Gasteiger partial charge in [0.05, 0.1) is 0 Å². The molecule has 1 radical (unpaired) electrons. The fraction of sp³-hybridized carbons (Fsp3) is 1.00. The third-order valence-electron chi connectivity index (χ3n) is 1.32. The third-order valence-corrected chi connectivity index (χ3v) is 1.32. The average Bonchev–Trinajstić information content (AvgIpc) is 1.69. The van der Waals surface area contributed by atoms with Crippen LogP contribution in [0.4, 0.5) is 0 Å². The molecule has 1 heterocycles. The third kappa shape index (κ3) is 3.13. The van der Waals surface area contributed by atoms with Crippen molar-refractivity contribution < 1.29 is 32.7 Å². The molecule has 2 nitrogen and oxygen atoms in total. The Balaban J connectivity index is 0.000000490. The first-order valence-corrected chi connectivity index (χ1v) is 2.78. The molecule has 1 rings (SSSR count). The first-order chi connectivity index (χ1) is 3.39. The summed E-state index contributed by atoms with van der Waals surface area (Å²) in [5, 5.41) is 4.15. The minimum atomic E-state index is 0. The summed E-state index contributed by atoms with van der Waals surface area (Å²) in [7, 11) is 0. The Morgan fingerprint density at radius 3 is 2.00 bits per heavy atom. The predicted octanol–water partition coefficient (Wildman–Crippen LogP) is 0.479. The van der Waals surface area contributed by atoms with Gasteiger partial charge < -0.3 is 11.1 Å². The van der Waals surface area contributed by atoms with Crippen LogP contribution in [-0.4, -0.2) is 19.1 Å². The van der Waals surface area contributed by atoms with Crippen molar-refractivity contribution in [2.45, 2.75) is 18.9 Å². The number of nitrogens with two attached hydrogens (primary N) is 1. The van der Waals surface area contributed by atoms with Crippen LogP contribution in [0.5, 0.6) is 0 Å². The molecule has 1 saturated heterocycles. The molecule has 0 amide bonds. The molecule has 0 atom stereocenters. The maximum absolute atomic E-state index is 5.57. The minimum absolute atomic E-state index is 0. The van der Waals surface area contributed by atoms with Crippen molar-refractivity contribution in [2.24, 2.45) is 5.73 Å². The van der Waals surface area contributed by atoms with Crippen LogP contribution in [-0.2, 0) is 32.7 Å². The summed E-state index contributed by atoms with van der Waals surface area (Å²) in [6, 6.07) is 0.442. The SMILES string of the molecule is NC1CC[N-]CC1.[Y]. The van der Waals surface area contributed by atoms with Crippen molar-refractivity contribution in [3.05, 3.63) is 5.32 Å². The molecule has 1 aliphatic rings. The summed E-state index contributed by atoms with van der Waals surface area (Å²) in [5.41, 5.74) is 5.57. The number of hydrogen-bond acceptors (Lipinski definition) is 1. The Morgan fingerprint density at radius 1 is 1.25 bits per heavy atom. The molecule has 0 aromatic rings. The van der Waals surface area contributed by atoms with Crippen molar-refractivity contribution >= 4 is 0 Å². The van der Waals surface area contributed by atoms with Crippen molar-refractivity contribution in [3.63, 3.8) is 0 Å². The van der Waals surface area contributed by atoms with E-state index in [1.807, 2.05) is 0 Å². The molecule has 0 spiro atoms. The quantitative estimate of drug-likeness (QED) is 0.590. The minimum Gasteiger partial charge on any atom is -0.662 e. The molecule has 0 aromatic carbocycles. The van der Waals surface area contributed by atoms with Gasteiger partial charge in [0.25, 0.3) is 0 Å². The zero-order valence-corrected chi connectivity index (χ0v) is 7.85. The standard InChI is InChI=1S/C5H11N2.Y/c6-5-1-3-7-4-2-5;/h5H,1-4,6H2;/q-1;. The molecule has 45 valence electrons. The van der Waals surface area contributed by atoms with Crippen LogP contribution in [0.3, 0.4) is 0 Å².